The smallest absolute Gasteiger partial charge is 0.235 e. The van der Waals surface area contributed by atoms with Crippen molar-refractivity contribution in [1.29, 1.82) is 0 Å². The van der Waals surface area contributed by atoms with Gasteiger partial charge in [-0.3, -0.25) is 5.10 Å². The fourth-order valence-electron chi connectivity index (χ4n) is 2.60. The second-order valence-electron chi connectivity index (χ2n) is 6.03. The van der Waals surface area contributed by atoms with Crippen molar-refractivity contribution in [2.75, 3.05) is 16.4 Å². The molecule has 4 rings (SSSR count). The van der Waals surface area contributed by atoms with Gasteiger partial charge < -0.3 is 20.8 Å². The third kappa shape index (κ3) is 3.90. The van der Waals surface area contributed by atoms with Gasteiger partial charge in [0.25, 0.3) is 0 Å². The lowest BCUT2D eigenvalue weighted by Gasteiger charge is -2.14. The molecule has 1 atom stereocenters. The molecule has 4 aromatic rings. The zero-order valence-corrected chi connectivity index (χ0v) is 14.8. The van der Waals surface area contributed by atoms with E-state index >= 15 is 0 Å². The SMILES string of the molecule is CC(Nc1nc(N)nc(Nc2cc(-c3ccco3)[nH]n2)n1)c1ccc(F)cc1. The molecule has 28 heavy (non-hydrogen) atoms. The lowest BCUT2D eigenvalue weighted by Crippen LogP contribution is -2.12. The summed E-state index contributed by atoms with van der Waals surface area (Å²) in [5.74, 6) is 1.43. The second-order valence-corrected chi connectivity index (χ2v) is 6.03. The highest BCUT2D eigenvalue weighted by molar-refractivity contribution is 5.60. The summed E-state index contributed by atoms with van der Waals surface area (Å²) in [5, 5.41) is 13.1. The molecule has 0 aliphatic rings. The molecule has 0 aliphatic heterocycles. The van der Waals surface area contributed by atoms with E-state index in [1.165, 1.54) is 12.1 Å². The van der Waals surface area contributed by atoms with Gasteiger partial charge >= 0.3 is 0 Å². The Bertz CT molecular complexity index is 1060. The Labute approximate surface area is 159 Å². The number of nitrogens with two attached hydrogens (primary N) is 1. The minimum absolute atomic E-state index is 0.0492. The molecule has 0 aliphatic carbocycles. The Hall–Kier alpha value is -3.95. The van der Waals surface area contributed by atoms with Crippen LogP contribution in [-0.2, 0) is 0 Å². The van der Waals surface area contributed by atoms with Crippen LogP contribution in [-0.4, -0.2) is 25.1 Å². The second kappa shape index (κ2) is 7.35. The number of anilines is 4. The van der Waals surface area contributed by atoms with Crippen LogP contribution in [0.4, 0.5) is 28.1 Å². The van der Waals surface area contributed by atoms with Crippen molar-refractivity contribution in [3.8, 4) is 11.5 Å². The van der Waals surface area contributed by atoms with E-state index in [4.69, 9.17) is 10.2 Å². The van der Waals surface area contributed by atoms with Gasteiger partial charge in [0.2, 0.25) is 17.8 Å². The summed E-state index contributed by atoms with van der Waals surface area (Å²) in [4.78, 5) is 12.5. The largest absolute Gasteiger partial charge is 0.463 e. The number of rotatable bonds is 6. The molecule has 3 heterocycles. The number of benzene rings is 1. The van der Waals surface area contributed by atoms with Crippen molar-refractivity contribution in [2.24, 2.45) is 0 Å². The molecule has 0 amide bonds. The summed E-state index contributed by atoms with van der Waals surface area (Å²) in [6, 6.07) is 11.4. The summed E-state index contributed by atoms with van der Waals surface area (Å²) in [5.41, 5.74) is 7.38. The first-order valence-corrected chi connectivity index (χ1v) is 8.47. The van der Waals surface area contributed by atoms with Gasteiger partial charge in [-0.25, -0.2) is 4.39 Å². The average molecular weight is 380 g/mol. The first-order chi connectivity index (χ1) is 13.6. The van der Waals surface area contributed by atoms with Crippen LogP contribution in [0.3, 0.4) is 0 Å². The van der Waals surface area contributed by atoms with Gasteiger partial charge in [0.15, 0.2) is 11.6 Å². The van der Waals surface area contributed by atoms with Crippen LogP contribution >= 0.6 is 0 Å². The van der Waals surface area contributed by atoms with Crippen molar-refractivity contribution in [1.82, 2.24) is 25.1 Å². The Morgan fingerprint density at radius 3 is 2.64 bits per heavy atom. The number of hydrogen-bond donors (Lipinski definition) is 4. The number of hydrogen-bond acceptors (Lipinski definition) is 8. The maximum absolute atomic E-state index is 13.1. The van der Waals surface area contributed by atoms with Crippen molar-refractivity contribution in [3.05, 3.63) is 60.1 Å². The molecule has 5 N–H and O–H groups in total. The normalized spacial score (nSPS) is 11.9. The molecule has 142 valence electrons. The quantitative estimate of drug-likeness (QED) is 0.400. The van der Waals surface area contributed by atoms with Crippen LogP contribution in [0.2, 0.25) is 0 Å². The number of halogens is 1. The molecule has 0 bridgehead atoms. The van der Waals surface area contributed by atoms with E-state index < -0.39 is 0 Å². The van der Waals surface area contributed by atoms with Crippen LogP contribution in [0.5, 0.6) is 0 Å². The molecule has 0 radical (unpaired) electrons. The van der Waals surface area contributed by atoms with Gasteiger partial charge in [0.1, 0.15) is 11.5 Å². The van der Waals surface area contributed by atoms with E-state index in [2.05, 4.69) is 35.8 Å². The molecule has 0 saturated heterocycles. The number of nitrogen functional groups attached to an aromatic ring is 1. The number of aromatic amines is 1. The van der Waals surface area contributed by atoms with Gasteiger partial charge in [0, 0.05) is 6.07 Å². The molecule has 9 nitrogen and oxygen atoms in total. The number of nitrogens with zero attached hydrogens (tertiary/aromatic N) is 4. The van der Waals surface area contributed by atoms with E-state index in [0.717, 1.165) is 5.56 Å². The van der Waals surface area contributed by atoms with E-state index in [1.807, 2.05) is 13.0 Å². The maximum atomic E-state index is 13.1. The lowest BCUT2D eigenvalue weighted by atomic mass is 10.1. The highest BCUT2D eigenvalue weighted by atomic mass is 19.1. The zero-order valence-electron chi connectivity index (χ0n) is 14.8. The fourth-order valence-corrected chi connectivity index (χ4v) is 2.60. The summed E-state index contributed by atoms with van der Waals surface area (Å²) in [7, 11) is 0. The van der Waals surface area contributed by atoms with E-state index in [0.29, 0.717) is 17.3 Å². The van der Waals surface area contributed by atoms with Crippen LogP contribution in [0.1, 0.15) is 18.5 Å². The van der Waals surface area contributed by atoms with E-state index in [-0.39, 0.29) is 29.7 Å². The molecule has 0 spiro atoms. The van der Waals surface area contributed by atoms with Crippen LogP contribution < -0.4 is 16.4 Å². The van der Waals surface area contributed by atoms with Gasteiger partial charge in [-0.1, -0.05) is 12.1 Å². The molecule has 1 unspecified atom stereocenters. The third-order valence-corrected chi connectivity index (χ3v) is 3.97. The molecular formula is C18H17FN8O. The van der Waals surface area contributed by atoms with Gasteiger partial charge in [-0.05, 0) is 36.8 Å². The Morgan fingerprint density at radius 2 is 1.89 bits per heavy atom. The third-order valence-electron chi connectivity index (χ3n) is 3.97. The summed E-state index contributed by atoms with van der Waals surface area (Å²) < 4.78 is 18.4. The lowest BCUT2D eigenvalue weighted by molar-refractivity contribution is 0.580. The first-order valence-electron chi connectivity index (χ1n) is 8.47. The Balaban J connectivity index is 1.50. The predicted molar refractivity (Wildman–Crippen MR) is 102 cm³/mol. The molecule has 3 aromatic heterocycles. The summed E-state index contributed by atoms with van der Waals surface area (Å²) >= 11 is 0. The van der Waals surface area contributed by atoms with Crippen molar-refractivity contribution < 1.29 is 8.81 Å². The molecule has 0 fully saturated rings. The van der Waals surface area contributed by atoms with E-state index in [1.54, 1.807) is 30.5 Å². The van der Waals surface area contributed by atoms with Crippen molar-refractivity contribution >= 4 is 23.7 Å². The number of aromatic nitrogens is 5. The highest BCUT2D eigenvalue weighted by Crippen LogP contribution is 2.22. The summed E-state index contributed by atoms with van der Waals surface area (Å²) in [6.07, 6.45) is 1.58. The Morgan fingerprint density at radius 1 is 1.11 bits per heavy atom. The Kier molecular flexibility index (Phi) is 4.58. The monoisotopic (exact) mass is 380 g/mol. The zero-order chi connectivity index (χ0) is 19.5. The van der Waals surface area contributed by atoms with Crippen LogP contribution in [0, 0.1) is 5.82 Å². The summed E-state index contributed by atoms with van der Waals surface area (Å²) in [6.45, 7) is 1.91. The fraction of sp³-hybridized carbons (Fsp3) is 0.111. The van der Waals surface area contributed by atoms with Gasteiger partial charge in [-0.2, -0.15) is 20.1 Å². The van der Waals surface area contributed by atoms with Crippen LogP contribution in [0.15, 0.2) is 53.1 Å². The van der Waals surface area contributed by atoms with Gasteiger partial charge in [0.05, 0.1) is 12.3 Å². The maximum Gasteiger partial charge on any atom is 0.235 e. The standard InChI is InChI=1S/C18H17FN8O/c1-10(11-4-6-12(19)7-5-11)21-17-23-16(20)24-18(25-17)22-15-9-13(26-27-15)14-3-2-8-28-14/h2-10H,1H3,(H5,20,21,22,23,24,25,26,27). The van der Waals surface area contributed by atoms with Gasteiger partial charge in [-0.15, -0.1) is 0 Å². The average Bonchev–Trinajstić information content (AvgIpc) is 3.33. The van der Waals surface area contributed by atoms with Crippen molar-refractivity contribution in [2.45, 2.75) is 13.0 Å². The van der Waals surface area contributed by atoms with Crippen molar-refractivity contribution in [3.63, 3.8) is 0 Å². The molecule has 0 saturated carbocycles. The topological polar surface area (TPSA) is 131 Å². The first kappa shape index (κ1) is 17.5. The molecule has 10 heteroatoms. The molecule has 1 aromatic carbocycles. The van der Waals surface area contributed by atoms with Crippen LogP contribution in [0.25, 0.3) is 11.5 Å². The number of H-pyrrole nitrogens is 1. The minimum atomic E-state index is -0.292. The number of furan rings is 1. The molecular weight excluding hydrogens is 363 g/mol. The minimum Gasteiger partial charge on any atom is -0.463 e. The predicted octanol–water partition coefficient (Wildman–Crippen LogP) is 3.49. The number of nitrogens with one attached hydrogen (secondary N) is 3. The highest BCUT2D eigenvalue weighted by Gasteiger charge is 2.12. The van der Waals surface area contributed by atoms with E-state index in [9.17, 15) is 4.39 Å².